The highest BCUT2D eigenvalue weighted by Crippen LogP contribution is 2.39. The molecular weight excluding hydrogens is 342 g/mol. The third-order valence-corrected chi connectivity index (χ3v) is 4.64. The van der Waals surface area contributed by atoms with Crippen molar-refractivity contribution in [2.24, 2.45) is 5.92 Å². The van der Waals surface area contributed by atoms with E-state index in [2.05, 4.69) is 9.97 Å². The van der Waals surface area contributed by atoms with Gasteiger partial charge in [0.25, 0.3) is 11.5 Å². The number of hydrogen-bond donors (Lipinski definition) is 2. The lowest BCUT2D eigenvalue weighted by atomic mass is 9.89. The molecule has 1 amide bonds. The minimum atomic E-state index is -0.975. The number of nitrogens with one attached hydrogen (secondary N) is 1. The lowest BCUT2D eigenvalue weighted by molar-refractivity contribution is -0.141. The number of rotatable bonds is 3. The van der Waals surface area contributed by atoms with E-state index in [1.165, 1.54) is 11.1 Å². The average molecular weight is 357 g/mol. The lowest BCUT2D eigenvalue weighted by Gasteiger charge is -2.16. The van der Waals surface area contributed by atoms with Crippen LogP contribution in [0.15, 0.2) is 35.4 Å². The maximum atomic E-state index is 12.6. The fourth-order valence-corrected chi connectivity index (χ4v) is 3.32. The number of amides is 1. The molecule has 0 saturated carbocycles. The van der Waals surface area contributed by atoms with Crippen molar-refractivity contribution in [2.75, 3.05) is 19.9 Å². The van der Waals surface area contributed by atoms with Crippen LogP contribution < -0.4 is 15.0 Å². The summed E-state index contributed by atoms with van der Waals surface area (Å²) in [5.41, 5.74) is 0.427. The van der Waals surface area contributed by atoms with Crippen LogP contribution >= 0.6 is 0 Å². The summed E-state index contributed by atoms with van der Waals surface area (Å²) in [7, 11) is 0. The zero-order chi connectivity index (χ0) is 18.3. The summed E-state index contributed by atoms with van der Waals surface area (Å²) in [4.78, 5) is 43.1. The van der Waals surface area contributed by atoms with Gasteiger partial charge >= 0.3 is 5.97 Å². The molecule has 4 rings (SSSR count). The maximum absolute atomic E-state index is 12.6. The molecule has 2 aliphatic rings. The van der Waals surface area contributed by atoms with Gasteiger partial charge < -0.3 is 24.5 Å². The van der Waals surface area contributed by atoms with Crippen molar-refractivity contribution in [1.82, 2.24) is 14.9 Å². The fraction of sp³-hybridized carbons (Fsp3) is 0.294. The first-order valence-electron chi connectivity index (χ1n) is 7.99. The second kappa shape index (κ2) is 6.17. The van der Waals surface area contributed by atoms with E-state index < -0.39 is 23.4 Å². The summed E-state index contributed by atoms with van der Waals surface area (Å²) in [6, 6.07) is 5.29. The summed E-state index contributed by atoms with van der Waals surface area (Å²) in [6.07, 6.45) is 2.25. The van der Waals surface area contributed by atoms with E-state index in [4.69, 9.17) is 9.47 Å². The number of hydrogen-bond acceptors (Lipinski definition) is 6. The van der Waals surface area contributed by atoms with E-state index in [0.29, 0.717) is 11.5 Å². The summed E-state index contributed by atoms with van der Waals surface area (Å²) >= 11 is 0. The number of benzene rings is 1. The molecule has 2 atom stereocenters. The van der Waals surface area contributed by atoms with Gasteiger partial charge in [-0.15, -0.1) is 0 Å². The Morgan fingerprint density at radius 1 is 1.23 bits per heavy atom. The molecule has 2 aromatic rings. The Morgan fingerprint density at radius 2 is 2.04 bits per heavy atom. The average Bonchev–Trinajstić information content (AvgIpc) is 3.28. The number of ether oxygens (including phenoxy) is 2. The van der Waals surface area contributed by atoms with Crippen LogP contribution in [0.3, 0.4) is 0 Å². The number of aromatic amines is 1. The monoisotopic (exact) mass is 357 g/mol. The maximum Gasteiger partial charge on any atom is 0.308 e. The van der Waals surface area contributed by atoms with E-state index in [9.17, 15) is 19.5 Å². The molecule has 9 heteroatoms. The Bertz CT molecular complexity index is 920. The molecule has 2 N–H and O–H groups in total. The highest BCUT2D eigenvalue weighted by Gasteiger charge is 2.41. The van der Waals surface area contributed by atoms with Gasteiger partial charge in [-0.25, -0.2) is 4.98 Å². The summed E-state index contributed by atoms with van der Waals surface area (Å²) < 4.78 is 10.6. The van der Waals surface area contributed by atoms with Crippen LogP contribution in [0.25, 0.3) is 0 Å². The third kappa shape index (κ3) is 2.77. The molecule has 1 aromatic heterocycles. The SMILES string of the molecule is O=C(O)[C@@H]1CN(C(=O)c2c[nH]c(=O)cn2)C[C@H]1c1ccc2c(c1)OCO2. The Labute approximate surface area is 147 Å². The zero-order valence-corrected chi connectivity index (χ0v) is 13.5. The summed E-state index contributed by atoms with van der Waals surface area (Å²) in [5.74, 6) is -1.34. The number of fused-ring (bicyclic) bond motifs is 1. The molecule has 1 aromatic carbocycles. The van der Waals surface area contributed by atoms with Crippen molar-refractivity contribution in [3.8, 4) is 11.5 Å². The molecule has 0 spiro atoms. The van der Waals surface area contributed by atoms with Crippen molar-refractivity contribution in [3.63, 3.8) is 0 Å². The molecule has 2 aliphatic heterocycles. The molecule has 3 heterocycles. The molecule has 0 radical (unpaired) electrons. The standard InChI is InChI=1S/C17H15N3O6/c21-15-5-18-12(4-19-15)16(22)20-6-10(11(7-20)17(23)24)9-1-2-13-14(3-9)26-8-25-13/h1-5,10-11H,6-8H2,(H,19,21)(H,23,24)/t10-,11+/m0/s1. The van der Waals surface area contributed by atoms with Gasteiger partial charge in [-0.1, -0.05) is 6.07 Å². The van der Waals surface area contributed by atoms with Gasteiger partial charge in [0.1, 0.15) is 5.69 Å². The minimum Gasteiger partial charge on any atom is -0.481 e. The van der Waals surface area contributed by atoms with E-state index >= 15 is 0 Å². The first kappa shape index (κ1) is 16.1. The molecule has 134 valence electrons. The largest absolute Gasteiger partial charge is 0.481 e. The molecule has 26 heavy (non-hydrogen) atoms. The molecule has 1 fully saturated rings. The number of likely N-dealkylation sites (tertiary alicyclic amines) is 1. The van der Waals surface area contributed by atoms with Crippen LogP contribution in [0.4, 0.5) is 0 Å². The van der Waals surface area contributed by atoms with E-state index in [1.807, 2.05) is 0 Å². The van der Waals surface area contributed by atoms with Crippen LogP contribution in [-0.2, 0) is 4.79 Å². The number of carboxylic acids is 1. The topological polar surface area (TPSA) is 122 Å². The summed E-state index contributed by atoms with van der Waals surface area (Å²) in [6.45, 7) is 0.429. The van der Waals surface area contributed by atoms with Gasteiger partial charge in [-0.3, -0.25) is 14.4 Å². The van der Waals surface area contributed by atoms with Gasteiger partial charge in [0.15, 0.2) is 11.5 Å². The third-order valence-electron chi connectivity index (χ3n) is 4.64. The second-order valence-corrected chi connectivity index (χ2v) is 6.17. The quantitative estimate of drug-likeness (QED) is 0.817. The van der Waals surface area contributed by atoms with Crippen molar-refractivity contribution in [3.05, 3.63) is 52.2 Å². The normalized spacial score (nSPS) is 21.0. The molecule has 9 nitrogen and oxygen atoms in total. The summed E-state index contributed by atoms with van der Waals surface area (Å²) in [5, 5.41) is 9.59. The number of aromatic nitrogens is 2. The Hall–Kier alpha value is -3.36. The van der Waals surface area contributed by atoms with Gasteiger partial charge in [0.2, 0.25) is 6.79 Å². The van der Waals surface area contributed by atoms with E-state index in [1.54, 1.807) is 18.2 Å². The Balaban J connectivity index is 1.61. The fourth-order valence-electron chi connectivity index (χ4n) is 3.32. The number of carboxylic acid groups (broad SMARTS) is 1. The van der Waals surface area contributed by atoms with Gasteiger partial charge in [-0.05, 0) is 17.7 Å². The predicted octanol–water partition coefficient (Wildman–Crippen LogP) is 0.439. The first-order valence-corrected chi connectivity index (χ1v) is 7.99. The Morgan fingerprint density at radius 3 is 2.77 bits per heavy atom. The van der Waals surface area contributed by atoms with Crippen LogP contribution in [0.2, 0.25) is 0 Å². The highest BCUT2D eigenvalue weighted by atomic mass is 16.7. The van der Waals surface area contributed by atoms with Crippen molar-refractivity contribution in [1.29, 1.82) is 0 Å². The van der Waals surface area contributed by atoms with Crippen molar-refractivity contribution >= 4 is 11.9 Å². The lowest BCUT2D eigenvalue weighted by Crippen LogP contribution is -2.31. The predicted molar refractivity (Wildman–Crippen MR) is 87.2 cm³/mol. The minimum absolute atomic E-state index is 0.0636. The smallest absolute Gasteiger partial charge is 0.308 e. The molecule has 0 unspecified atom stereocenters. The van der Waals surface area contributed by atoms with Crippen molar-refractivity contribution in [2.45, 2.75) is 5.92 Å². The molecular formula is C17H15N3O6. The number of H-pyrrole nitrogens is 1. The first-order chi connectivity index (χ1) is 12.5. The number of aliphatic carboxylic acids is 1. The van der Waals surface area contributed by atoms with Gasteiger partial charge in [-0.2, -0.15) is 0 Å². The van der Waals surface area contributed by atoms with Gasteiger partial charge in [0.05, 0.1) is 12.1 Å². The van der Waals surface area contributed by atoms with Crippen LogP contribution in [0.5, 0.6) is 11.5 Å². The molecule has 1 saturated heterocycles. The second-order valence-electron chi connectivity index (χ2n) is 6.17. The number of nitrogens with zero attached hydrogens (tertiary/aromatic N) is 2. The van der Waals surface area contributed by atoms with Crippen LogP contribution in [0.1, 0.15) is 22.0 Å². The zero-order valence-electron chi connectivity index (χ0n) is 13.5. The molecule has 0 aliphatic carbocycles. The Kier molecular flexibility index (Phi) is 3.83. The molecule has 0 bridgehead atoms. The van der Waals surface area contributed by atoms with Crippen LogP contribution in [-0.4, -0.2) is 51.7 Å². The highest BCUT2D eigenvalue weighted by molar-refractivity contribution is 5.92. The number of carbonyl (C=O) groups excluding carboxylic acids is 1. The van der Waals surface area contributed by atoms with Gasteiger partial charge in [0, 0.05) is 25.2 Å². The van der Waals surface area contributed by atoms with Crippen molar-refractivity contribution < 1.29 is 24.2 Å². The van der Waals surface area contributed by atoms with E-state index in [0.717, 1.165) is 11.8 Å². The van der Waals surface area contributed by atoms with E-state index in [-0.39, 0.29) is 31.5 Å². The number of carbonyl (C=O) groups is 2. The van der Waals surface area contributed by atoms with Crippen LogP contribution in [0, 0.1) is 5.92 Å².